The summed E-state index contributed by atoms with van der Waals surface area (Å²) in [5.74, 6) is 0.709. The van der Waals surface area contributed by atoms with Crippen LogP contribution < -0.4 is 5.56 Å². The first kappa shape index (κ1) is 11.6. The molecular formula is C14H14N4O. The van der Waals surface area contributed by atoms with Gasteiger partial charge >= 0.3 is 5.56 Å². The van der Waals surface area contributed by atoms with Crippen LogP contribution in [0.25, 0.3) is 11.3 Å². The maximum atomic E-state index is 12.4. The summed E-state index contributed by atoms with van der Waals surface area (Å²) in [5.41, 5.74) is 3.24. The quantitative estimate of drug-likeness (QED) is 0.665. The second-order valence-electron chi connectivity index (χ2n) is 4.70. The first-order valence-corrected chi connectivity index (χ1v) is 6.08. The molecule has 96 valence electrons. The Balaban J connectivity index is 2.34. The minimum Gasteiger partial charge on any atom is -0.281 e. The maximum absolute atomic E-state index is 12.4. The predicted molar refractivity (Wildman–Crippen MR) is 72.8 cm³/mol. The van der Waals surface area contributed by atoms with E-state index in [9.17, 15) is 4.79 Å². The SMILES string of the molecule is Cc1ccc(C)c(-n2ccn3c(C)nnc3c2=O)c1. The van der Waals surface area contributed by atoms with E-state index >= 15 is 0 Å². The van der Waals surface area contributed by atoms with E-state index < -0.39 is 0 Å². The molecule has 0 bridgehead atoms. The molecule has 0 atom stereocenters. The Morgan fingerprint density at radius 3 is 2.63 bits per heavy atom. The van der Waals surface area contributed by atoms with Gasteiger partial charge in [-0.3, -0.25) is 13.8 Å². The molecule has 5 nitrogen and oxygen atoms in total. The van der Waals surface area contributed by atoms with E-state index in [2.05, 4.69) is 10.2 Å². The summed E-state index contributed by atoms with van der Waals surface area (Å²) in [6.45, 7) is 5.82. The fourth-order valence-corrected chi connectivity index (χ4v) is 2.17. The molecule has 0 aliphatic rings. The van der Waals surface area contributed by atoms with Gasteiger partial charge in [0.25, 0.3) is 0 Å². The molecule has 0 amide bonds. The molecule has 19 heavy (non-hydrogen) atoms. The van der Waals surface area contributed by atoms with Crippen LogP contribution in [-0.2, 0) is 0 Å². The van der Waals surface area contributed by atoms with Gasteiger partial charge in [0.05, 0.1) is 5.69 Å². The van der Waals surface area contributed by atoms with E-state index in [1.807, 2.05) is 45.2 Å². The molecule has 0 saturated heterocycles. The summed E-state index contributed by atoms with van der Waals surface area (Å²) < 4.78 is 3.32. The number of aromatic nitrogens is 4. The van der Waals surface area contributed by atoms with Crippen molar-refractivity contribution in [3.63, 3.8) is 0 Å². The van der Waals surface area contributed by atoms with Crippen LogP contribution in [-0.4, -0.2) is 19.2 Å². The molecule has 0 aliphatic carbocycles. The number of benzene rings is 1. The van der Waals surface area contributed by atoms with Crippen molar-refractivity contribution in [1.29, 1.82) is 0 Å². The Labute approximate surface area is 110 Å². The Morgan fingerprint density at radius 1 is 1.05 bits per heavy atom. The Kier molecular flexibility index (Phi) is 2.48. The lowest BCUT2D eigenvalue weighted by atomic mass is 10.1. The third kappa shape index (κ3) is 1.74. The van der Waals surface area contributed by atoms with Crippen LogP contribution in [0.1, 0.15) is 17.0 Å². The fraction of sp³-hybridized carbons (Fsp3) is 0.214. The van der Waals surface area contributed by atoms with Gasteiger partial charge in [-0.2, -0.15) is 0 Å². The minimum atomic E-state index is -0.156. The van der Waals surface area contributed by atoms with Crippen molar-refractivity contribution in [3.05, 3.63) is 57.9 Å². The summed E-state index contributed by atoms with van der Waals surface area (Å²) in [4.78, 5) is 12.4. The summed E-state index contributed by atoms with van der Waals surface area (Å²) >= 11 is 0. The molecular weight excluding hydrogens is 240 g/mol. The second kappa shape index (κ2) is 4.05. The summed E-state index contributed by atoms with van der Waals surface area (Å²) in [5, 5.41) is 7.87. The lowest BCUT2D eigenvalue weighted by Crippen LogP contribution is -2.21. The van der Waals surface area contributed by atoms with Crippen LogP contribution in [0.2, 0.25) is 0 Å². The highest BCUT2D eigenvalue weighted by Crippen LogP contribution is 2.14. The maximum Gasteiger partial charge on any atom is 0.300 e. The van der Waals surface area contributed by atoms with Gasteiger partial charge in [-0.05, 0) is 38.0 Å². The van der Waals surface area contributed by atoms with Crippen LogP contribution in [0.4, 0.5) is 0 Å². The molecule has 1 aromatic carbocycles. The highest BCUT2D eigenvalue weighted by molar-refractivity contribution is 5.46. The zero-order chi connectivity index (χ0) is 13.6. The third-order valence-electron chi connectivity index (χ3n) is 3.27. The molecule has 0 fully saturated rings. The Hall–Kier alpha value is -2.43. The van der Waals surface area contributed by atoms with Gasteiger partial charge in [0.1, 0.15) is 5.82 Å². The number of hydrogen-bond donors (Lipinski definition) is 0. The molecule has 0 aliphatic heterocycles. The normalized spacial score (nSPS) is 11.1. The molecule has 5 heteroatoms. The molecule has 2 heterocycles. The molecule has 0 saturated carbocycles. The average Bonchev–Trinajstić information content (AvgIpc) is 2.76. The van der Waals surface area contributed by atoms with Crippen LogP contribution >= 0.6 is 0 Å². The third-order valence-corrected chi connectivity index (χ3v) is 3.27. The van der Waals surface area contributed by atoms with Crippen molar-refractivity contribution >= 4 is 5.65 Å². The molecule has 3 aromatic rings. The topological polar surface area (TPSA) is 52.2 Å². The van der Waals surface area contributed by atoms with Gasteiger partial charge in [-0.15, -0.1) is 10.2 Å². The summed E-state index contributed by atoms with van der Waals surface area (Å²) in [6.07, 6.45) is 3.57. The van der Waals surface area contributed by atoms with E-state index in [1.165, 1.54) is 0 Å². The highest BCUT2D eigenvalue weighted by Gasteiger charge is 2.10. The van der Waals surface area contributed by atoms with E-state index in [4.69, 9.17) is 0 Å². The van der Waals surface area contributed by atoms with Crippen LogP contribution in [0, 0.1) is 20.8 Å². The van der Waals surface area contributed by atoms with Crippen molar-refractivity contribution in [2.24, 2.45) is 0 Å². The van der Waals surface area contributed by atoms with Crippen molar-refractivity contribution in [2.45, 2.75) is 20.8 Å². The van der Waals surface area contributed by atoms with E-state index in [0.29, 0.717) is 11.5 Å². The lowest BCUT2D eigenvalue weighted by Gasteiger charge is -2.10. The van der Waals surface area contributed by atoms with Gasteiger partial charge in [-0.1, -0.05) is 12.1 Å². The number of nitrogens with zero attached hydrogens (tertiary/aromatic N) is 4. The Bertz CT molecular complexity index is 829. The number of aryl methyl sites for hydroxylation is 3. The zero-order valence-electron chi connectivity index (χ0n) is 11.1. The second-order valence-corrected chi connectivity index (χ2v) is 4.70. The van der Waals surface area contributed by atoms with Crippen molar-refractivity contribution in [2.75, 3.05) is 0 Å². The van der Waals surface area contributed by atoms with Crippen LogP contribution in [0.5, 0.6) is 0 Å². The highest BCUT2D eigenvalue weighted by atomic mass is 16.1. The molecule has 2 aromatic heterocycles. The van der Waals surface area contributed by atoms with E-state index in [-0.39, 0.29) is 5.56 Å². The van der Waals surface area contributed by atoms with Gasteiger partial charge in [0, 0.05) is 12.4 Å². The van der Waals surface area contributed by atoms with Gasteiger partial charge < -0.3 is 0 Å². The van der Waals surface area contributed by atoms with Crippen molar-refractivity contribution < 1.29 is 0 Å². The van der Waals surface area contributed by atoms with Crippen molar-refractivity contribution in [1.82, 2.24) is 19.2 Å². The first-order valence-electron chi connectivity index (χ1n) is 6.08. The standard InChI is InChI=1S/C14H14N4O/c1-9-4-5-10(2)12(8-9)18-7-6-17-11(3)15-16-13(17)14(18)19/h4-8H,1-3H3. The van der Waals surface area contributed by atoms with E-state index in [1.54, 1.807) is 15.2 Å². The largest absolute Gasteiger partial charge is 0.300 e. The van der Waals surface area contributed by atoms with Gasteiger partial charge in [0.15, 0.2) is 0 Å². The first-order chi connectivity index (χ1) is 9.08. The number of fused-ring (bicyclic) bond motifs is 1. The van der Waals surface area contributed by atoms with Gasteiger partial charge in [-0.25, -0.2) is 0 Å². The number of rotatable bonds is 1. The zero-order valence-corrected chi connectivity index (χ0v) is 11.1. The summed E-state index contributed by atoms with van der Waals surface area (Å²) in [7, 11) is 0. The molecule has 0 radical (unpaired) electrons. The predicted octanol–water partition coefficient (Wildman–Crippen LogP) is 1.81. The minimum absolute atomic E-state index is 0.156. The Morgan fingerprint density at radius 2 is 1.84 bits per heavy atom. The molecule has 0 N–H and O–H groups in total. The number of hydrogen-bond acceptors (Lipinski definition) is 3. The smallest absolute Gasteiger partial charge is 0.281 e. The monoisotopic (exact) mass is 254 g/mol. The molecule has 0 unspecified atom stereocenters. The lowest BCUT2D eigenvalue weighted by molar-refractivity contribution is 0.928. The van der Waals surface area contributed by atoms with Crippen molar-refractivity contribution in [3.8, 4) is 5.69 Å². The molecule has 3 rings (SSSR count). The van der Waals surface area contributed by atoms with E-state index in [0.717, 1.165) is 16.8 Å². The molecule has 0 spiro atoms. The van der Waals surface area contributed by atoms with Gasteiger partial charge in [0.2, 0.25) is 5.65 Å². The van der Waals surface area contributed by atoms with Crippen LogP contribution in [0.15, 0.2) is 35.4 Å². The van der Waals surface area contributed by atoms with Crippen LogP contribution in [0.3, 0.4) is 0 Å². The fourth-order valence-electron chi connectivity index (χ4n) is 2.17. The summed E-state index contributed by atoms with van der Waals surface area (Å²) in [6, 6.07) is 6.04. The average molecular weight is 254 g/mol.